The van der Waals surface area contributed by atoms with Gasteiger partial charge in [0.15, 0.2) is 0 Å². The molecule has 2 aliphatic rings. The second-order valence-electron chi connectivity index (χ2n) is 3.89. The van der Waals surface area contributed by atoms with E-state index in [0.29, 0.717) is 19.5 Å². The molecule has 5 atom stereocenters. The fourth-order valence-corrected chi connectivity index (χ4v) is 2.30. The summed E-state index contributed by atoms with van der Waals surface area (Å²) >= 11 is 0. The third-order valence-electron chi connectivity index (χ3n) is 3.04. The van der Waals surface area contributed by atoms with Crippen molar-refractivity contribution in [2.45, 2.75) is 36.9 Å². The van der Waals surface area contributed by atoms with E-state index in [-0.39, 0.29) is 0 Å². The van der Waals surface area contributed by atoms with E-state index in [4.69, 9.17) is 0 Å². The lowest BCUT2D eigenvalue weighted by Gasteiger charge is -2.40. The zero-order chi connectivity index (χ0) is 9.59. The van der Waals surface area contributed by atoms with Crippen LogP contribution in [0.25, 0.3) is 0 Å². The predicted octanol–water partition coefficient (Wildman–Crippen LogP) is -2.48. The standard InChI is InChI=1S/C8H15NO4/c10-4-1-2-9-3-5(11)7(12)8(13)6(4)9/h4-8,10-13H,1-3H2/t4-,5+,6-,7?,8-/m1/s1. The predicted molar refractivity (Wildman–Crippen MR) is 44.0 cm³/mol. The molecule has 4 N–H and O–H groups in total. The van der Waals surface area contributed by atoms with Gasteiger partial charge in [-0.1, -0.05) is 0 Å². The molecule has 2 heterocycles. The SMILES string of the molecule is OC1[C@@H](O)CN2CC[C@@H](O)[C@@H]2[C@H]1O. The molecule has 76 valence electrons. The van der Waals surface area contributed by atoms with Crippen LogP contribution in [0.3, 0.4) is 0 Å². The molecular weight excluding hydrogens is 174 g/mol. The molecular formula is C8H15NO4. The van der Waals surface area contributed by atoms with Gasteiger partial charge in [0.25, 0.3) is 0 Å². The monoisotopic (exact) mass is 189 g/mol. The first-order chi connectivity index (χ1) is 6.11. The fraction of sp³-hybridized carbons (Fsp3) is 1.00. The molecule has 1 unspecified atom stereocenters. The molecule has 0 aliphatic carbocycles. The smallest absolute Gasteiger partial charge is 0.109 e. The number of piperidine rings is 1. The van der Waals surface area contributed by atoms with Crippen LogP contribution in [-0.4, -0.2) is 68.9 Å². The van der Waals surface area contributed by atoms with Gasteiger partial charge >= 0.3 is 0 Å². The van der Waals surface area contributed by atoms with Crippen molar-refractivity contribution in [1.82, 2.24) is 4.90 Å². The minimum absolute atomic E-state index is 0.333. The van der Waals surface area contributed by atoms with E-state index in [2.05, 4.69) is 0 Å². The van der Waals surface area contributed by atoms with Gasteiger partial charge in [-0.3, -0.25) is 4.90 Å². The van der Waals surface area contributed by atoms with E-state index in [0.717, 1.165) is 0 Å². The van der Waals surface area contributed by atoms with Gasteiger partial charge in [0.05, 0.1) is 18.2 Å². The van der Waals surface area contributed by atoms with Crippen LogP contribution >= 0.6 is 0 Å². The van der Waals surface area contributed by atoms with Gasteiger partial charge < -0.3 is 20.4 Å². The van der Waals surface area contributed by atoms with Crippen molar-refractivity contribution in [3.63, 3.8) is 0 Å². The van der Waals surface area contributed by atoms with Crippen molar-refractivity contribution in [3.8, 4) is 0 Å². The highest BCUT2D eigenvalue weighted by Gasteiger charge is 2.47. The maximum absolute atomic E-state index is 9.58. The molecule has 2 rings (SSSR count). The summed E-state index contributed by atoms with van der Waals surface area (Å²) in [7, 11) is 0. The third-order valence-corrected chi connectivity index (χ3v) is 3.04. The largest absolute Gasteiger partial charge is 0.391 e. The third kappa shape index (κ3) is 1.37. The van der Waals surface area contributed by atoms with Crippen molar-refractivity contribution in [2.24, 2.45) is 0 Å². The number of hydrogen-bond donors (Lipinski definition) is 4. The summed E-state index contributed by atoms with van der Waals surface area (Å²) in [5.74, 6) is 0. The molecule has 2 fully saturated rings. The normalized spacial score (nSPS) is 52.2. The molecule has 5 nitrogen and oxygen atoms in total. The first kappa shape index (κ1) is 9.36. The van der Waals surface area contributed by atoms with E-state index < -0.39 is 30.5 Å². The molecule has 0 amide bonds. The fourth-order valence-electron chi connectivity index (χ4n) is 2.30. The second-order valence-corrected chi connectivity index (χ2v) is 3.89. The van der Waals surface area contributed by atoms with E-state index in [1.807, 2.05) is 4.90 Å². The highest BCUT2D eigenvalue weighted by Crippen LogP contribution is 2.27. The average molecular weight is 189 g/mol. The first-order valence-corrected chi connectivity index (χ1v) is 4.57. The zero-order valence-corrected chi connectivity index (χ0v) is 7.24. The molecule has 0 aromatic heterocycles. The van der Waals surface area contributed by atoms with Gasteiger partial charge in [0.2, 0.25) is 0 Å². The second kappa shape index (κ2) is 3.18. The van der Waals surface area contributed by atoms with Crippen molar-refractivity contribution >= 4 is 0 Å². The van der Waals surface area contributed by atoms with Crippen molar-refractivity contribution < 1.29 is 20.4 Å². The number of fused-ring (bicyclic) bond motifs is 1. The summed E-state index contributed by atoms with van der Waals surface area (Å²) in [6.07, 6.45) is -3.06. The Labute approximate surface area is 76.2 Å². The molecule has 0 aromatic rings. The Morgan fingerprint density at radius 3 is 2.31 bits per heavy atom. The number of aliphatic hydroxyl groups excluding tert-OH is 4. The maximum atomic E-state index is 9.58. The van der Waals surface area contributed by atoms with Crippen molar-refractivity contribution in [1.29, 1.82) is 0 Å². The minimum atomic E-state index is -1.13. The molecule has 0 aromatic carbocycles. The minimum Gasteiger partial charge on any atom is -0.391 e. The Morgan fingerprint density at radius 1 is 0.923 bits per heavy atom. The van der Waals surface area contributed by atoms with Gasteiger partial charge in [0, 0.05) is 13.1 Å². The summed E-state index contributed by atoms with van der Waals surface area (Å²) in [4.78, 5) is 1.83. The molecule has 2 aliphatic heterocycles. The lowest BCUT2D eigenvalue weighted by atomic mass is 9.93. The summed E-state index contributed by atoms with van der Waals surface area (Å²) < 4.78 is 0. The summed E-state index contributed by atoms with van der Waals surface area (Å²) in [5, 5.41) is 37.8. The average Bonchev–Trinajstić information content (AvgIpc) is 2.43. The van der Waals surface area contributed by atoms with Gasteiger partial charge in [-0.15, -0.1) is 0 Å². The number of nitrogens with zero attached hydrogens (tertiary/aromatic N) is 1. The lowest BCUT2D eigenvalue weighted by molar-refractivity contribution is -0.140. The highest BCUT2D eigenvalue weighted by molar-refractivity contribution is 5.01. The molecule has 5 heteroatoms. The van der Waals surface area contributed by atoms with Crippen LogP contribution in [-0.2, 0) is 0 Å². The van der Waals surface area contributed by atoms with E-state index >= 15 is 0 Å². The van der Waals surface area contributed by atoms with Gasteiger partial charge in [0.1, 0.15) is 12.2 Å². The van der Waals surface area contributed by atoms with Crippen LogP contribution in [0.5, 0.6) is 0 Å². The molecule has 0 radical (unpaired) electrons. The van der Waals surface area contributed by atoms with Crippen LogP contribution in [0, 0.1) is 0 Å². The Balaban J connectivity index is 2.15. The summed E-state index contributed by atoms with van der Waals surface area (Å²) in [5.41, 5.74) is 0. The molecule has 13 heavy (non-hydrogen) atoms. The quantitative estimate of drug-likeness (QED) is 0.339. The van der Waals surface area contributed by atoms with Crippen LogP contribution in [0.2, 0.25) is 0 Å². The highest BCUT2D eigenvalue weighted by atomic mass is 16.4. The molecule has 0 bridgehead atoms. The Kier molecular flexibility index (Phi) is 2.29. The number of rotatable bonds is 0. The van der Waals surface area contributed by atoms with Gasteiger partial charge in [-0.05, 0) is 6.42 Å². The van der Waals surface area contributed by atoms with Crippen LogP contribution < -0.4 is 0 Å². The molecule has 0 spiro atoms. The van der Waals surface area contributed by atoms with Crippen LogP contribution in [0.15, 0.2) is 0 Å². The Morgan fingerprint density at radius 2 is 1.62 bits per heavy atom. The van der Waals surface area contributed by atoms with Gasteiger partial charge in [-0.25, -0.2) is 0 Å². The van der Waals surface area contributed by atoms with Gasteiger partial charge in [-0.2, -0.15) is 0 Å². The van der Waals surface area contributed by atoms with Crippen molar-refractivity contribution in [2.75, 3.05) is 13.1 Å². The lowest BCUT2D eigenvalue weighted by Crippen LogP contribution is -2.61. The van der Waals surface area contributed by atoms with E-state index in [9.17, 15) is 20.4 Å². The van der Waals surface area contributed by atoms with E-state index in [1.165, 1.54) is 0 Å². The van der Waals surface area contributed by atoms with E-state index in [1.54, 1.807) is 0 Å². The Hall–Kier alpha value is -0.200. The topological polar surface area (TPSA) is 84.2 Å². The number of aliphatic hydroxyl groups is 4. The summed E-state index contributed by atoms with van der Waals surface area (Å²) in [6.45, 7) is 1.01. The number of hydrogen-bond acceptors (Lipinski definition) is 5. The molecule has 0 saturated carbocycles. The zero-order valence-electron chi connectivity index (χ0n) is 7.24. The van der Waals surface area contributed by atoms with Crippen LogP contribution in [0.4, 0.5) is 0 Å². The van der Waals surface area contributed by atoms with Crippen molar-refractivity contribution in [3.05, 3.63) is 0 Å². The summed E-state index contributed by atoms with van der Waals surface area (Å²) in [6, 6.07) is -0.404. The first-order valence-electron chi connectivity index (χ1n) is 4.57. The Bertz CT molecular complexity index is 201. The maximum Gasteiger partial charge on any atom is 0.109 e. The molecule has 2 saturated heterocycles. The van der Waals surface area contributed by atoms with Crippen LogP contribution in [0.1, 0.15) is 6.42 Å².